The number of nitrogens with zero attached hydrogens (tertiary/aromatic N) is 2. The third-order valence-corrected chi connectivity index (χ3v) is 3.63. The van der Waals surface area contributed by atoms with Crippen LogP contribution in [0, 0.1) is 0 Å². The van der Waals surface area contributed by atoms with Crippen molar-refractivity contribution in [3.8, 4) is 11.5 Å². The molecular weight excluding hydrogens is 270 g/mol. The van der Waals surface area contributed by atoms with E-state index in [0.717, 1.165) is 31.7 Å². The van der Waals surface area contributed by atoms with Crippen LogP contribution in [0.5, 0.6) is 11.5 Å². The maximum Gasteiger partial charge on any atom is 0.260 e. The Labute approximate surface area is 125 Å². The van der Waals surface area contributed by atoms with Gasteiger partial charge in [-0.2, -0.15) is 0 Å². The average molecular weight is 293 g/mol. The monoisotopic (exact) mass is 293 g/mol. The Bertz CT molecular complexity index is 463. The summed E-state index contributed by atoms with van der Waals surface area (Å²) >= 11 is 0. The molecule has 2 rings (SSSR count). The molecule has 1 heterocycles. The average Bonchev–Trinajstić information content (AvgIpc) is 2.52. The molecule has 1 fully saturated rings. The highest BCUT2D eigenvalue weighted by atomic mass is 16.5. The van der Waals surface area contributed by atoms with Crippen molar-refractivity contribution in [3.63, 3.8) is 0 Å². The highest BCUT2D eigenvalue weighted by Crippen LogP contribution is 2.22. The number of hydrogen-bond donors (Lipinski definition) is 1. The molecule has 1 aromatic carbocycles. The lowest BCUT2D eigenvalue weighted by molar-refractivity contribution is -0.134. The molecule has 0 aliphatic carbocycles. The Morgan fingerprint density at radius 3 is 2.48 bits per heavy atom. The Hall–Kier alpha value is -1.79. The molecular formula is C15H23N3O3. The number of piperazine rings is 1. The summed E-state index contributed by atoms with van der Waals surface area (Å²) in [5, 5.41) is 0. The van der Waals surface area contributed by atoms with Crippen LogP contribution in [0.1, 0.15) is 5.56 Å². The van der Waals surface area contributed by atoms with Crippen molar-refractivity contribution in [2.75, 3.05) is 46.9 Å². The quantitative estimate of drug-likeness (QED) is 0.846. The van der Waals surface area contributed by atoms with Gasteiger partial charge in [-0.25, -0.2) is 0 Å². The van der Waals surface area contributed by atoms with Gasteiger partial charge in [0, 0.05) is 38.8 Å². The fourth-order valence-electron chi connectivity index (χ4n) is 2.24. The molecule has 1 aliphatic heterocycles. The lowest BCUT2D eigenvalue weighted by Gasteiger charge is -2.32. The SMILES string of the molecule is COc1cc(CN)cc(OCC(=O)N2CCN(C)CC2)c1. The van der Waals surface area contributed by atoms with Crippen LogP contribution in [-0.4, -0.2) is 62.7 Å². The van der Waals surface area contributed by atoms with Crippen LogP contribution in [0.2, 0.25) is 0 Å². The highest BCUT2D eigenvalue weighted by Gasteiger charge is 2.19. The zero-order valence-electron chi connectivity index (χ0n) is 12.7. The number of benzene rings is 1. The van der Waals surface area contributed by atoms with Crippen LogP contribution < -0.4 is 15.2 Å². The zero-order chi connectivity index (χ0) is 15.2. The molecule has 116 valence electrons. The van der Waals surface area contributed by atoms with Gasteiger partial charge in [-0.05, 0) is 24.7 Å². The number of ether oxygens (including phenoxy) is 2. The van der Waals surface area contributed by atoms with E-state index in [0.29, 0.717) is 18.0 Å². The van der Waals surface area contributed by atoms with Crippen molar-refractivity contribution >= 4 is 5.91 Å². The molecule has 21 heavy (non-hydrogen) atoms. The fraction of sp³-hybridized carbons (Fsp3) is 0.533. The van der Waals surface area contributed by atoms with Gasteiger partial charge in [0.2, 0.25) is 0 Å². The van der Waals surface area contributed by atoms with Crippen molar-refractivity contribution in [1.29, 1.82) is 0 Å². The molecule has 1 aromatic rings. The molecule has 0 atom stereocenters. The van der Waals surface area contributed by atoms with Gasteiger partial charge in [-0.3, -0.25) is 4.79 Å². The van der Waals surface area contributed by atoms with Crippen molar-refractivity contribution in [2.24, 2.45) is 5.73 Å². The number of carbonyl (C=O) groups excluding carboxylic acids is 1. The minimum atomic E-state index is 0.0141. The summed E-state index contributed by atoms with van der Waals surface area (Å²) in [5.74, 6) is 1.30. The summed E-state index contributed by atoms with van der Waals surface area (Å²) in [7, 11) is 3.65. The first-order valence-electron chi connectivity index (χ1n) is 7.09. The second-order valence-corrected chi connectivity index (χ2v) is 5.19. The largest absolute Gasteiger partial charge is 0.497 e. The van der Waals surface area contributed by atoms with Gasteiger partial charge >= 0.3 is 0 Å². The molecule has 6 heteroatoms. The Balaban J connectivity index is 1.91. The van der Waals surface area contributed by atoms with Gasteiger partial charge in [0.05, 0.1) is 7.11 Å². The van der Waals surface area contributed by atoms with E-state index in [-0.39, 0.29) is 12.5 Å². The number of carbonyl (C=O) groups is 1. The van der Waals surface area contributed by atoms with E-state index in [2.05, 4.69) is 11.9 Å². The Morgan fingerprint density at radius 2 is 1.86 bits per heavy atom. The summed E-state index contributed by atoms with van der Waals surface area (Å²) < 4.78 is 10.8. The minimum Gasteiger partial charge on any atom is -0.497 e. The summed E-state index contributed by atoms with van der Waals surface area (Å²) in [4.78, 5) is 16.2. The summed E-state index contributed by atoms with van der Waals surface area (Å²) in [5.41, 5.74) is 6.55. The van der Waals surface area contributed by atoms with Gasteiger partial charge in [0.15, 0.2) is 6.61 Å². The van der Waals surface area contributed by atoms with Crippen molar-refractivity contribution in [2.45, 2.75) is 6.54 Å². The van der Waals surface area contributed by atoms with Gasteiger partial charge in [0.25, 0.3) is 5.91 Å². The van der Waals surface area contributed by atoms with Crippen LogP contribution in [0.4, 0.5) is 0 Å². The van der Waals surface area contributed by atoms with Crippen LogP contribution in [0.15, 0.2) is 18.2 Å². The van der Waals surface area contributed by atoms with Gasteiger partial charge < -0.3 is 25.0 Å². The van der Waals surface area contributed by atoms with Gasteiger partial charge in [0.1, 0.15) is 11.5 Å². The maximum atomic E-state index is 12.1. The van der Waals surface area contributed by atoms with E-state index < -0.39 is 0 Å². The van der Waals surface area contributed by atoms with Crippen LogP contribution in [-0.2, 0) is 11.3 Å². The zero-order valence-corrected chi connectivity index (χ0v) is 12.7. The first-order chi connectivity index (χ1) is 10.1. The molecule has 0 radical (unpaired) electrons. The van der Waals surface area contributed by atoms with Crippen molar-refractivity contribution < 1.29 is 14.3 Å². The first-order valence-corrected chi connectivity index (χ1v) is 7.09. The van der Waals surface area contributed by atoms with Gasteiger partial charge in [-0.15, -0.1) is 0 Å². The number of likely N-dealkylation sites (N-methyl/N-ethyl adjacent to an activating group) is 1. The Kier molecular flexibility index (Phi) is 5.41. The molecule has 1 saturated heterocycles. The van der Waals surface area contributed by atoms with E-state index in [1.165, 1.54) is 0 Å². The predicted molar refractivity (Wildman–Crippen MR) is 80.5 cm³/mol. The maximum absolute atomic E-state index is 12.1. The molecule has 0 saturated carbocycles. The topological polar surface area (TPSA) is 68.0 Å². The minimum absolute atomic E-state index is 0.0141. The molecule has 0 spiro atoms. The lowest BCUT2D eigenvalue weighted by Crippen LogP contribution is -2.48. The number of nitrogens with two attached hydrogens (primary N) is 1. The fourth-order valence-corrected chi connectivity index (χ4v) is 2.24. The molecule has 1 aliphatic rings. The number of amides is 1. The van der Waals surface area contributed by atoms with E-state index in [4.69, 9.17) is 15.2 Å². The summed E-state index contributed by atoms with van der Waals surface area (Å²) in [6, 6.07) is 5.45. The standard InChI is InChI=1S/C15H23N3O3/c1-17-3-5-18(6-4-17)15(19)11-21-14-8-12(10-16)7-13(9-14)20-2/h7-9H,3-6,10-11,16H2,1-2H3. The third-order valence-electron chi connectivity index (χ3n) is 3.63. The normalized spacial score (nSPS) is 15.9. The van der Waals surface area contributed by atoms with E-state index in [1.807, 2.05) is 17.0 Å². The van der Waals surface area contributed by atoms with E-state index in [9.17, 15) is 4.79 Å². The van der Waals surface area contributed by atoms with Gasteiger partial charge in [-0.1, -0.05) is 0 Å². The number of hydrogen-bond acceptors (Lipinski definition) is 5. The molecule has 0 unspecified atom stereocenters. The second-order valence-electron chi connectivity index (χ2n) is 5.19. The summed E-state index contributed by atoms with van der Waals surface area (Å²) in [6.45, 7) is 3.76. The number of methoxy groups -OCH3 is 1. The summed E-state index contributed by atoms with van der Waals surface area (Å²) in [6.07, 6.45) is 0. The van der Waals surface area contributed by atoms with Crippen LogP contribution >= 0.6 is 0 Å². The molecule has 0 aromatic heterocycles. The molecule has 1 amide bonds. The molecule has 6 nitrogen and oxygen atoms in total. The van der Waals surface area contributed by atoms with E-state index in [1.54, 1.807) is 13.2 Å². The molecule has 0 bridgehead atoms. The number of rotatable bonds is 5. The van der Waals surface area contributed by atoms with Crippen LogP contribution in [0.3, 0.4) is 0 Å². The van der Waals surface area contributed by atoms with Crippen molar-refractivity contribution in [1.82, 2.24) is 9.80 Å². The smallest absolute Gasteiger partial charge is 0.260 e. The van der Waals surface area contributed by atoms with Crippen LogP contribution in [0.25, 0.3) is 0 Å². The molecule has 2 N–H and O–H groups in total. The predicted octanol–water partition coefficient (Wildman–Crippen LogP) is 0.307. The Morgan fingerprint density at radius 1 is 1.19 bits per heavy atom. The lowest BCUT2D eigenvalue weighted by atomic mass is 10.2. The van der Waals surface area contributed by atoms with Crippen molar-refractivity contribution in [3.05, 3.63) is 23.8 Å². The first kappa shape index (κ1) is 15.6. The second kappa shape index (κ2) is 7.28. The third kappa shape index (κ3) is 4.34. The highest BCUT2D eigenvalue weighted by molar-refractivity contribution is 5.77. The van der Waals surface area contributed by atoms with E-state index >= 15 is 0 Å².